The summed E-state index contributed by atoms with van der Waals surface area (Å²) in [5, 5.41) is 3.60. The number of halogens is 1. The number of aryl methyl sites for hydroxylation is 2. The molecule has 0 radical (unpaired) electrons. The van der Waals surface area contributed by atoms with Crippen molar-refractivity contribution in [3.05, 3.63) is 35.1 Å². The topological polar surface area (TPSA) is 12.0 Å². The van der Waals surface area contributed by atoms with Gasteiger partial charge in [-0.15, -0.1) is 0 Å². The second kappa shape index (κ2) is 8.25. The van der Waals surface area contributed by atoms with Crippen LogP contribution in [-0.2, 0) is 6.42 Å². The van der Waals surface area contributed by atoms with Crippen LogP contribution < -0.4 is 5.32 Å². The Morgan fingerprint density at radius 2 is 1.94 bits per heavy atom. The van der Waals surface area contributed by atoms with Gasteiger partial charge >= 0.3 is 0 Å². The van der Waals surface area contributed by atoms with Gasteiger partial charge in [-0.2, -0.15) is 0 Å². The molecule has 1 unspecified atom stereocenters. The number of nitrogens with one attached hydrogen (secondary N) is 1. The van der Waals surface area contributed by atoms with Gasteiger partial charge in [-0.25, -0.2) is 4.39 Å². The minimum Gasteiger partial charge on any atom is -0.314 e. The molecule has 0 amide bonds. The first-order valence-corrected chi connectivity index (χ1v) is 7.15. The minimum absolute atomic E-state index is 0.134. The SMILES string of the molecule is CCCNC(CCC)CCc1ccc(F)cc1C. The molecule has 0 saturated heterocycles. The van der Waals surface area contributed by atoms with Crippen LogP contribution in [0.25, 0.3) is 0 Å². The van der Waals surface area contributed by atoms with Crippen molar-refractivity contribution in [2.75, 3.05) is 6.54 Å². The van der Waals surface area contributed by atoms with Gasteiger partial charge in [0.15, 0.2) is 0 Å². The molecular weight excluding hydrogens is 225 g/mol. The predicted octanol–water partition coefficient (Wildman–Crippen LogP) is 4.24. The smallest absolute Gasteiger partial charge is 0.123 e. The maximum absolute atomic E-state index is 13.0. The molecule has 1 atom stereocenters. The van der Waals surface area contributed by atoms with E-state index in [1.165, 1.54) is 24.8 Å². The van der Waals surface area contributed by atoms with Crippen molar-refractivity contribution >= 4 is 0 Å². The highest BCUT2D eigenvalue weighted by molar-refractivity contribution is 5.26. The first kappa shape index (κ1) is 15.2. The van der Waals surface area contributed by atoms with Crippen LogP contribution in [0.3, 0.4) is 0 Å². The van der Waals surface area contributed by atoms with Crippen LogP contribution in [0, 0.1) is 12.7 Å². The number of hydrogen-bond donors (Lipinski definition) is 1. The Morgan fingerprint density at radius 1 is 1.17 bits per heavy atom. The molecule has 18 heavy (non-hydrogen) atoms. The Balaban J connectivity index is 2.49. The molecule has 2 heteroatoms. The molecule has 1 aromatic rings. The fraction of sp³-hybridized carbons (Fsp3) is 0.625. The van der Waals surface area contributed by atoms with E-state index in [1.807, 2.05) is 13.0 Å². The Hall–Kier alpha value is -0.890. The van der Waals surface area contributed by atoms with Gasteiger partial charge in [-0.1, -0.05) is 26.3 Å². The molecule has 0 fully saturated rings. The maximum atomic E-state index is 13.0. The van der Waals surface area contributed by atoms with Crippen molar-refractivity contribution in [3.8, 4) is 0 Å². The summed E-state index contributed by atoms with van der Waals surface area (Å²) in [6, 6.07) is 5.72. The predicted molar refractivity (Wildman–Crippen MR) is 76.4 cm³/mol. The summed E-state index contributed by atoms with van der Waals surface area (Å²) in [7, 11) is 0. The molecule has 0 spiro atoms. The van der Waals surface area contributed by atoms with Crippen LogP contribution in [0.4, 0.5) is 4.39 Å². The minimum atomic E-state index is -0.134. The summed E-state index contributed by atoms with van der Waals surface area (Å²) in [6.45, 7) is 7.50. The summed E-state index contributed by atoms with van der Waals surface area (Å²) < 4.78 is 13.0. The Labute approximate surface area is 111 Å². The molecule has 1 rings (SSSR count). The van der Waals surface area contributed by atoms with Crippen LogP contribution in [0.2, 0.25) is 0 Å². The third-order valence-electron chi connectivity index (χ3n) is 3.39. The fourth-order valence-electron chi connectivity index (χ4n) is 2.31. The molecular formula is C16H26FN. The summed E-state index contributed by atoms with van der Waals surface area (Å²) >= 11 is 0. The van der Waals surface area contributed by atoms with Crippen LogP contribution in [0.15, 0.2) is 18.2 Å². The Kier molecular flexibility index (Phi) is 6.96. The molecule has 1 nitrogen and oxygen atoms in total. The van der Waals surface area contributed by atoms with Gasteiger partial charge < -0.3 is 5.32 Å². The number of benzene rings is 1. The van der Waals surface area contributed by atoms with Crippen LogP contribution in [-0.4, -0.2) is 12.6 Å². The zero-order valence-corrected chi connectivity index (χ0v) is 11.9. The quantitative estimate of drug-likeness (QED) is 0.729. The fourth-order valence-corrected chi connectivity index (χ4v) is 2.31. The first-order chi connectivity index (χ1) is 8.67. The molecule has 1 aromatic carbocycles. The Morgan fingerprint density at radius 3 is 2.56 bits per heavy atom. The molecule has 102 valence electrons. The largest absolute Gasteiger partial charge is 0.314 e. The summed E-state index contributed by atoms with van der Waals surface area (Å²) in [5.74, 6) is -0.134. The van der Waals surface area contributed by atoms with Gasteiger partial charge in [-0.05, 0) is 62.4 Å². The molecule has 0 heterocycles. The Bertz CT molecular complexity index is 349. The van der Waals surface area contributed by atoms with Crippen molar-refractivity contribution in [1.82, 2.24) is 5.32 Å². The summed E-state index contributed by atoms with van der Waals surface area (Å²) in [5.41, 5.74) is 2.34. The lowest BCUT2D eigenvalue weighted by molar-refractivity contribution is 0.448. The van der Waals surface area contributed by atoms with Gasteiger partial charge in [0, 0.05) is 6.04 Å². The van der Waals surface area contributed by atoms with Crippen molar-refractivity contribution in [2.24, 2.45) is 0 Å². The molecule has 0 aliphatic rings. The lowest BCUT2D eigenvalue weighted by atomic mass is 9.98. The van der Waals surface area contributed by atoms with Gasteiger partial charge in [0.25, 0.3) is 0 Å². The molecule has 1 N–H and O–H groups in total. The summed E-state index contributed by atoms with van der Waals surface area (Å²) in [6.07, 6.45) is 5.79. The highest BCUT2D eigenvalue weighted by Gasteiger charge is 2.08. The van der Waals surface area contributed by atoms with Crippen LogP contribution in [0.1, 0.15) is 50.7 Å². The number of rotatable bonds is 8. The second-order valence-corrected chi connectivity index (χ2v) is 5.05. The lowest BCUT2D eigenvalue weighted by Crippen LogP contribution is -2.30. The van der Waals surface area contributed by atoms with E-state index >= 15 is 0 Å². The van der Waals surface area contributed by atoms with E-state index in [0.29, 0.717) is 6.04 Å². The van der Waals surface area contributed by atoms with Crippen molar-refractivity contribution in [2.45, 2.75) is 58.9 Å². The average molecular weight is 251 g/mol. The van der Waals surface area contributed by atoms with E-state index in [4.69, 9.17) is 0 Å². The highest BCUT2D eigenvalue weighted by Crippen LogP contribution is 2.14. The third-order valence-corrected chi connectivity index (χ3v) is 3.39. The molecule has 0 aliphatic carbocycles. The van der Waals surface area contributed by atoms with Crippen molar-refractivity contribution < 1.29 is 4.39 Å². The molecule has 0 saturated carbocycles. The normalized spacial score (nSPS) is 12.7. The van der Waals surface area contributed by atoms with E-state index in [0.717, 1.165) is 24.9 Å². The maximum Gasteiger partial charge on any atom is 0.123 e. The molecule has 0 aromatic heterocycles. The van der Waals surface area contributed by atoms with Gasteiger partial charge in [-0.3, -0.25) is 0 Å². The summed E-state index contributed by atoms with van der Waals surface area (Å²) in [4.78, 5) is 0. The zero-order valence-electron chi connectivity index (χ0n) is 11.9. The van der Waals surface area contributed by atoms with Gasteiger partial charge in [0.2, 0.25) is 0 Å². The van der Waals surface area contributed by atoms with Gasteiger partial charge in [0.05, 0.1) is 0 Å². The second-order valence-electron chi connectivity index (χ2n) is 5.05. The molecule has 0 aliphatic heterocycles. The van der Waals surface area contributed by atoms with Crippen molar-refractivity contribution in [1.29, 1.82) is 0 Å². The van der Waals surface area contributed by atoms with Gasteiger partial charge in [0.1, 0.15) is 5.82 Å². The van der Waals surface area contributed by atoms with E-state index in [1.54, 1.807) is 12.1 Å². The lowest BCUT2D eigenvalue weighted by Gasteiger charge is -2.18. The third kappa shape index (κ3) is 5.18. The van der Waals surface area contributed by atoms with Crippen LogP contribution in [0.5, 0.6) is 0 Å². The average Bonchev–Trinajstić information content (AvgIpc) is 2.34. The van der Waals surface area contributed by atoms with Crippen molar-refractivity contribution in [3.63, 3.8) is 0 Å². The van der Waals surface area contributed by atoms with E-state index in [-0.39, 0.29) is 5.82 Å². The monoisotopic (exact) mass is 251 g/mol. The highest BCUT2D eigenvalue weighted by atomic mass is 19.1. The van der Waals surface area contributed by atoms with E-state index in [2.05, 4.69) is 19.2 Å². The van der Waals surface area contributed by atoms with Crippen LogP contribution >= 0.6 is 0 Å². The standard InChI is InChI=1S/C16H26FN/c1-4-6-16(18-11-5-2)10-8-14-7-9-15(17)12-13(14)3/h7,9,12,16,18H,4-6,8,10-11H2,1-3H3. The van der Waals surface area contributed by atoms with E-state index < -0.39 is 0 Å². The zero-order chi connectivity index (χ0) is 13.4. The van der Waals surface area contributed by atoms with E-state index in [9.17, 15) is 4.39 Å². The number of hydrogen-bond acceptors (Lipinski definition) is 1. The first-order valence-electron chi connectivity index (χ1n) is 7.15. The molecule has 0 bridgehead atoms.